The third kappa shape index (κ3) is 5.26. The van der Waals surface area contributed by atoms with Gasteiger partial charge in [0, 0.05) is 32.8 Å². The zero-order valence-corrected chi connectivity index (χ0v) is 17.9. The van der Waals surface area contributed by atoms with Gasteiger partial charge in [0.25, 0.3) is 0 Å². The lowest BCUT2D eigenvalue weighted by Gasteiger charge is -2.41. The van der Waals surface area contributed by atoms with Crippen molar-refractivity contribution >= 4 is 41.0 Å². The van der Waals surface area contributed by atoms with Crippen LogP contribution in [-0.4, -0.2) is 55.4 Å². The molecular weight excluding hydrogens is 399 g/mol. The lowest BCUT2D eigenvalue weighted by Crippen LogP contribution is -2.42. The number of halogens is 2. The molecule has 1 aromatic carbocycles. The van der Waals surface area contributed by atoms with E-state index in [9.17, 15) is 9.90 Å². The number of hydrogen-bond donors (Lipinski definition) is 2. The van der Waals surface area contributed by atoms with E-state index in [1.54, 1.807) is 6.07 Å². The van der Waals surface area contributed by atoms with Crippen LogP contribution in [0.4, 0.5) is 5.69 Å². The number of anilines is 1. The molecule has 0 aromatic heterocycles. The molecule has 0 bridgehead atoms. The molecule has 1 saturated heterocycles. The second-order valence-corrected chi connectivity index (χ2v) is 7.92. The summed E-state index contributed by atoms with van der Waals surface area (Å²) >= 11 is 12.4. The molecule has 3 N–H and O–H groups in total. The summed E-state index contributed by atoms with van der Waals surface area (Å²) < 4.78 is 0. The second kappa shape index (κ2) is 10.3. The molecule has 0 saturated carbocycles. The highest BCUT2D eigenvalue weighted by molar-refractivity contribution is 6.44. The van der Waals surface area contributed by atoms with Crippen molar-refractivity contribution in [3.8, 4) is 0 Å². The Morgan fingerprint density at radius 2 is 2.07 bits per heavy atom. The van der Waals surface area contributed by atoms with Crippen LogP contribution in [0.25, 0.3) is 0 Å². The highest BCUT2D eigenvalue weighted by Gasteiger charge is 2.34. The van der Waals surface area contributed by atoms with Crippen LogP contribution in [0.5, 0.6) is 0 Å². The molecule has 154 valence electrons. The molecule has 0 unspecified atom stereocenters. The van der Waals surface area contributed by atoms with Gasteiger partial charge in [-0.1, -0.05) is 29.3 Å². The molecule has 0 atom stereocenters. The molecule has 1 aromatic rings. The molecule has 1 aliphatic rings. The van der Waals surface area contributed by atoms with Gasteiger partial charge in [-0.15, -0.1) is 0 Å². The summed E-state index contributed by atoms with van der Waals surface area (Å²) in [5, 5.41) is 10.7. The van der Waals surface area contributed by atoms with Crippen LogP contribution in [0.1, 0.15) is 26.2 Å². The maximum absolute atomic E-state index is 11.2. The van der Waals surface area contributed by atoms with Gasteiger partial charge in [0.2, 0.25) is 0 Å². The van der Waals surface area contributed by atoms with Crippen molar-refractivity contribution in [3.63, 3.8) is 0 Å². The molecule has 0 spiro atoms. The number of aliphatic hydroxyl groups is 1. The maximum Gasteiger partial charge on any atom is 0.146 e. The number of allylic oxidation sites excluding steroid dienone is 1. The summed E-state index contributed by atoms with van der Waals surface area (Å²) in [4.78, 5) is 19.8. The third-order valence-corrected chi connectivity index (χ3v) is 6.24. The molecule has 1 aliphatic heterocycles. The topological polar surface area (TPSA) is 82.2 Å². The number of rotatable bonds is 7. The van der Waals surface area contributed by atoms with Crippen molar-refractivity contribution in [1.29, 1.82) is 0 Å². The number of likely N-dealkylation sites (tertiary alicyclic amines) is 1. The highest BCUT2D eigenvalue weighted by Crippen LogP contribution is 2.36. The number of hydrogen-bond acceptors (Lipinski definition) is 5. The minimum Gasteiger partial charge on any atom is -0.396 e. The largest absolute Gasteiger partial charge is 0.396 e. The predicted molar refractivity (Wildman–Crippen MR) is 116 cm³/mol. The molecule has 8 heteroatoms. The number of carbonyl (C=O) groups excluding carboxylic acids is 1. The Morgan fingerprint density at radius 1 is 1.39 bits per heavy atom. The quantitative estimate of drug-likeness (QED) is 0.302. The Bertz CT molecular complexity index is 744. The van der Waals surface area contributed by atoms with Crippen molar-refractivity contribution in [2.24, 2.45) is 16.1 Å². The van der Waals surface area contributed by atoms with Gasteiger partial charge in [-0.05, 0) is 50.3 Å². The fourth-order valence-electron chi connectivity index (χ4n) is 3.44. The highest BCUT2D eigenvalue weighted by atomic mass is 35.5. The first-order valence-corrected chi connectivity index (χ1v) is 10.1. The van der Waals surface area contributed by atoms with E-state index in [2.05, 4.69) is 9.89 Å². The molecule has 6 nitrogen and oxygen atoms in total. The van der Waals surface area contributed by atoms with E-state index in [0.29, 0.717) is 41.3 Å². The van der Waals surface area contributed by atoms with Gasteiger partial charge >= 0.3 is 0 Å². The van der Waals surface area contributed by atoms with Gasteiger partial charge < -0.3 is 20.6 Å². The Hall–Kier alpha value is -1.60. The Balaban J connectivity index is 2.19. The summed E-state index contributed by atoms with van der Waals surface area (Å²) in [6.45, 7) is 3.95. The molecule has 2 rings (SSSR count). The minimum absolute atomic E-state index is 0.128. The molecule has 0 aliphatic carbocycles. The molecule has 1 heterocycles. The number of amidine groups is 1. The minimum atomic E-state index is -0.137. The smallest absolute Gasteiger partial charge is 0.146 e. The third-order valence-electron chi connectivity index (χ3n) is 5.43. The van der Waals surface area contributed by atoms with E-state index in [1.165, 1.54) is 6.08 Å². The van der Waals surface area contributed by atoms with Gasteiger partial charge in [0.1, 0.15) is 17.9 Å². The molecule has 0 amide bonds. The van der Waals surface area contributed by atoms with Crippen molar-refractivity contribution in [1.82, 2.24) is 4.90 Å². The van der Waals surface area contributed by atoms with Gasteiger partial charge in [-0.2, -0.15) is 0 Å². The van der Waals surface area contributed by atoms with Gasteiger partial charge in [0.15, 0.2) is 0 Å². The first-order chi connectivity index (χ1) is 13.4. The standard InChI is InChI=1S/C20H28Cl2N4O2/c1-15(25(2)17-5-3-4-16(21)19(17)22)24-18(6-13-27)26-11-8-20(14-28,7-10-23)9-12-26/h3-6,13,28H,7-12,14,23H2,1-2H3/b18-6+,24-15-. The molecule has 1 fully saturated rings. The lowest BCUT2D eigenvalue weighted by molar-refractivity contribution is -0.104. The first-order valence-electron chi connectivity index (χ1n) is 9.32. The van der Waals surface area contributed by atoms with E-state index >= 15 is 0 Å². The normalized spacial score (nSPS) is 17.6. The number of nitrogens with two attached hydrogens (primary N) is 1. The molecule has 28 heavy (non-hydrogen) atoms. The summed E-state index contributed by atoms with van der Waals surface area (Å²) in [5.41, 5.74) is 6.31. The van der Waals surface area contributed by atoms with Gasteiger partial charge in [-0.3, -0.25) is 4.79 Å². The summed E-state index contributed by atoms with van der Waals surface area (Å²) in [5.74, 6) is 1.27. The monoisotopic (exact) mass is 426 g/mol. The molecule has 0 radical (unpaired) electrons. The van der Waals surface area contributed by atoms with Crippen LogP contribution in [0.3, 0.4) is 0 Å². The number of benzene rings is 1. The Morgan fingerprint density at radius 3 is 2.64 bits per heavy atom. The number of aldehydes is 1. The first kappa shape index (κ1) is 22.7. The molecular formula is C20H28Cl2N4O2. The fourth-order valence-corrected chi connectivity index (χ4v) is 3.87. The van der Waals surface area contributed by atoms with E-state index in [4.69, 9.17) is 28.9 Å². The second-order valence-electron chi connectivity index (χ2n) is 7.14. The van der Waals surface area contributed by atoms with Crippen LogP contribution < -0.4 is 10.6 Å². The van der Waals surface area contributed by atoms with Crippen molar-refractivity contribution in [2.45, 2.75) is 26.2 Å². The number of aliphatic imine (C=N–C) groups is 1. The average Bonchev–Trinajstić information content (AvgIpc) is 2.70. The van der Waals surface area contributed by atoms with Crippen molar-refractivity contribution < 1.29 is 9.90 Å². The van der Waals surface area contributed by atoms with Crippen LogP contribution in [0.2, 0.25) is 10.0 Å². The summed E-state index contributed by atoms with van der Waals surface area (Å²) in [6, 6.07) is 5.42. The van der Waals surface area contributed by atoms with E-state index in [-0.39, 0.29) is 12.0 Å². The Kier molecular flexibility index (Phi) is 8.31. The fraction of sp³-hybridized carbons (Fsp3) is 0.500. The van der Waals surface area contributed by atoms with Crippen LogP contribution in [-0.2, 0) is 4.79 Å². The zero-order chi connectivity index (χ0) is 20.7. The summed E-state index contributed by atoms with van der Waals surface area (Å²) in [7, 11) is 1.85. The van der Waals surface area contributed by atoms with Crippen molar-refractivity contribution in [3.05, 3.63) is 40.1 Å². The SMILES string of the molecule is C/C(=N/C(=C\C=O)N1CCC(CO)(CCN)CC1)N(C)c1cccc(Cl)c1Cl. The number of piperidine rings is 1. The Labute approximate surface area is 176 Å². The number of aliphatic hydroxyl groups excluding tert-OH is 1. The van der Waals surface area contributed by atoms with Crippen LogP contribution in [0.15, 0.2) is 35.1 Å². The lowest BCUT2D eigenvalue weighted by atomic mass is 9.76. The predicted octanol–water partition coefficient (Wildman–Crippen LogP) is 3.31. The van der Waals surface area contributed by atoms with Gasteiger partial charge in [0.05, 0.1) is 15.7 Å². The average molecular weight is 427 g/mol. The van der Waals surface area contributed by atoms with E-state index < -0.39 is 0 Å². The number of carbonyl (C=O) groups is 1. The zero-order valence-electron chi connectivity index (χ0n) is 16.4. The van der Waals surface area contributed by atoms with Crippen LogP contribution >= 0.6 is 23.2 Å². The maximum atomic E-state index is 11.2. The van der Waals surface area contributed by atoms with E-state index in [0.717, 1.165) is 31.2 Å². The van der Waals surface area contributed by atoms with Gasteiger partial charge in [-0.25, -0.2) is 4.99 Å². The van der Waals surface area contributed by atoms with E-state index in [1.807, 2.05) is 31.0 Å². The summed E-state index contributed by atoms with van der Waals surface area (Å²) in [6.07, 6.45) is 4.61. The van der Waals surface area contributed by atoms with Crippen molar-refractivity contribution in [2.75, 3.05) is 38.2 Å². The number of nitrogens with zero attached hydrogens (tertiary/aromatic N) is 3. The van der Waals surface area contributed by atoms with Crippen LogP contribution in [0, 0.1) is 5.41 Å².